The normalized spacial score (nSPS) is 12.8. The summed E-state index contributed by atoms with van der Waals surface area (Å²) in [6.07, 6.45) is 0. The molecule has 1 N–H and O–H groups in total. The van der Waals surface area contributed by atoms with Gasteiger partial charge in [-0.15, -0.1) is 10.2 Å². The zero-order valence-electron chi connectivity index (χ0n) is 9.65. The van der Waals surface area contributed by atoms with Gasteiger partial charge in [0.1, 0.15) is 0 Å². The summed E-state index contributed by atoms with van der Waals surface area (Å²) in [5.41, 5.74) is 0. The second kappa shape index (κ2) is 6.30. The van der Waals surface area contributed by atoms with Crippen molar-refractivity contribution < 1.29 is 0 Å². The van der Waals surface area contributed by atoms with Gasteiger partial charge in [-0.05, 0) is 6.54 Å². The number of hydrogen-bond acceptors (Lipinski definition) is 6. The van der Waals surface area contributed by atoms with E-state index in [4.69, 9.17) is 0 Å². The lowest BCUT2D eigenvalue weighted by atomic mass is 10.5. The van der Waals surface area contributed by atoms with Gasteiger partial charge in [-0.1, -0.05) is 36.9 Å². The van der Waals surface area contributed by atoms with Gasteiger partial charge in [-0.2, -0.15) is 0 Å². The van der Waals surface area contributed by atoms with Crippen LogP contribution in [0.5, 0.6) is 0 Å². The van der Waals surface area contributed by atoms with Crippen LogP contribution in [0, 0.1) is 0 Å². The second-order valence-electron chi connectivity index (χ2n) is 3.48. The van der Waals surface area contributed by atoms with Crippen molar-refractivity contribution in [2.24, 2.45) is 0 Å². The molecule has 0 fully saturated rings. The Morgan fingerprint density at radius 1 is 1.47 bits per heavy atom. The van der Waals surface area contributed by atoms with Crippen molar-refractivity contribution in [3.63, 3.8) is 0 Å². The topological polar surface area (TPSA) is 41.1 Å². The predicted molar refractivity (Wildman–Crippen MR) is 68.1 cm³/mol. The Morgan fingerprint density at radius 3 is 2.73 bits per heavy atom. The van der Waals surface area contributed by atoms with E-state index in [0.717, 1.165) is 22.6 Å². The first kappa shape index (κ1) is 12.7. The first-order valence-electron chi connectivity index (χ1n) is 5.01. The monoisotopic (exact) mass is 246 g/mol. The van der Waals surface area contributed by atoms with Crippen molar-refractivity contribution in [3.8, 4) is 0 Å². The summed E-state index contributed by atoms with van der Waals surface area (Å²) >= 11 is 3.42. The van der Waals surface area contributed by atoms with Gasteiger partial charge in [0, 0.05) is 25.9 Å². The average Bonchev–Trinajstić information content (AvgIpc) is 2.63. The van der Waals surface area contributed by atoms with E-state index in [1.54, 1.807) is 23.1 Å². The van der Waals surface area contributed by atoms with E-state index in [1.165, 1.54) is 0 Å². The van der Waals surface area contributed by atoms with Gasteiger partial charge in [0.25, 0.3) is 0 Å². The summed E-state index contributed by atoms with van der Waals surface area (Å²) in [4.78, 5) is 1.98. The smallest absolute Gasteiger partial charge is 0.208 e. The highest BCUT2D eigenvalue weighted by molar-refractivity contribution is 8.01. The van der Waals surface area contributed by atoms with Crippen LogP contribution >= 0.6 is 23.1 Å². The van der Waals surface area contributed by atoms with E-state index in [-0.39, 0.29) is 0 Å². The third-order valence-electron chi connectivity index (χ3n) is 1.76. The molecule has 4 nitrogen and oxygen atoms in total. The van der Waals surface area contributed by atoms with Gasteiger partial charge in [-0.25, -0.2) is 0 Å². The van der Waals surface area contributed by atoms with Gasteiger partial charge in [0.05, 0.1) is 0 Å². The van der Waals surface area contributed by atoms with Gasteiger partial charge in [-0.3, -0.25) is 0 Å². The van der Waals surface area contributed by atoms with Crippen LogP contribution < -0.4 is 10.2 Å². The van der Waals surface area contributed by atoms with Crippen molar-refractivity contribution in [3.05, 3.63) is 0 Å². The number of hydrogen-bond donors (Lipinski definition) is 1. The minimum Gasteiger partial charge on any atom is -0.353 e. The number of aromatic nitrogens is 2. The molecule has 15 heavy (non-hydrogen) atoms. The molecule has 1 atom stereocenters. The largest absolute Gasteiger partial charge is 0.353 e. The summed E-state index contributed by atoms with van der Waals surface area (Å²) in [6, 6.07) is 0. The van der Waals surface area contributed by atoms with Crippen molar-refractivity contribution in [1.29, 1.82) is 0 Å². The molecule has 0 aliphatic carbocycles. The van der Waals surface area contributed by atoms with Crippen LogP contribution in [0.4, 0.5) is 5.13 Å². The van der Waals surface area contributed by atoms with Crippen LogP contribution in [0.25, 0.3) is 0 Å². The minimum atomic E-state index is 0.535. The highest BCUT2D eigenvalue weighted by Gasteiger charge is 2.10. The Bertz CT molecular complexity index is 287. The number of nitrogens with zero attached hydrogens (tertiary/aromatic N) is 3. The lowest BCUT2D eigenvalue weighted by Gasteiger charge is -2.08. The summed E-state index contributed by atoms with van der Waals surface area (Å²) in [5.74, 6) is 0. The molecule has 0 amide bonds. The Labute approximate surface area is 99.5 Å². The standard InChI is InChI=1S/C9H18N4S2/c1-5-10-6-7(2)14-9-12-11-8(15-9)13(3)4/h7,10H,5-6H2,1-4H3. The molecule has 1 unspecified atom stereocenters. The van der Waals surface area contributed by atoms with Crippen LogP contribution in [0.3, 0.4) is 0 Å². The lowest BCUT2D eigenvalue weighted by Crippen LogP contribution is -2.21. The molecular weight excluding hydrogens is 228 g/mol. The molecule has 0 saturated carbocycles. The van der Waals surface area contributed by atoms with Gasteiger partial charge in [0.2, 0.25) is 5.13 Å². The molecule has 0 aliphatic rings. The first-order valence-corrected chi connectivity index (χ1v) is 6.71. The quantitative estimate of drug-likeness (QED) is 0.774. The molecule has 0 saturated heterocycles. The van der Waals surface area contributed by atoms with E-state index >= 15 is 0 Å². The van der Waals surface area contributed by atoms with Crippen LogP contribution in [-0.2, 0) is 0 Å². The van der Waals surface area contributed by atoms with Gasteiger partial charge >= 0.3 is 0 Å². The Balaban J connectivity index is 2.42. The van der Waals surface area contributed by atoms with Gasteiger partial charge < -0.3 is 10.2 Å². The fraction of sp³-hybridized carbons (Fsp3) is 0.778. The maximum atomic E-state index is 4.15. The highest BCUT2D eigenvalue weighted by Crippen LogP contribution is 2.29. The Morgan fingerprint density at radius 2 is 2.20 bits per heavy atom. The predicted octanol–water partition coefficient (Wildman–Crippen LogP) is 1.69. The minimum absolute atomic E-state index is 0.535. The Kier molecular flexibility index (Phi) is 5.35. The summed E-state index contributed by atoms with van der Waals surface area (Å²) in [7, 11) is 3.97. The van der Waals surface area contributed by atoms with Gasteiger partial charge in [0.15, 0.2) is 4.34 Å². The molecule has 0 bridgehead atoms. The summed E-state index contributed by atoms with van der Waals surface area (Å²) in [5, 5.41) is 13.1. The molecular formula is C9H18N4S2. The second-order valence-corrected chi connectivity index (χ2v) is 6.12. The first-order chi connectivity index (χ1) is 7.13. The molecule has 0 aromatic carbocycles. The number of thioether (sulfide) groups is 1. The maximum absolute atomic E-state index is 4.15. The SMILES string of the molecule is CCNCC(C)Sc1nnc(N(C)C)s1. The molecule has 6 heteroatoms. The van der Waals surface area contributed by atoms with Crippen molar-refractivity contribution in [2.45, 2.75) is 23.4 Å². The number of nitrogens with one attached hydrogen (secondary N) is 1. The zero-order chi connectivity index (χ0) is 11.3. The third-order valence-corrected chi connectivity index (χ3v) is 4.04. The van der Waals surface area contributed by atoms with E-state index in [1.807, 2.05) is 19.0 Å². The number of anilines is 1. The highest BCUT2D eigenvalue weighted by atomic mass is 32.2. The van der Waals surface area contributed by atoms with E-state index in [0.29, 0.717) is 5.25 Å². The van der Waals surface area contributed by atoms with E-state index in [2.05, 4.69) is 29.4 Å². The molecule has 0 aliphatic heterocycles. The molecule has 1 rings (SSSR count). The molecule has 0 spiro atoms. The van der Waals surface area contributed by atoms with Crippen LogP contribution in [-0.4, -0.2) is 42.6 Å². The molecule has 1 heterocycles. The lowest BCUT2D eigenvalue weighted by molar-refractivity contribution is 0.712. The molecule has 86 valence electrons. The van der Waals surface area contributed by atoms with Crippen molar-refractivity contribution in [2.75, 3.05) is 32.1 Å². The molecule has 1 aromatic heterocycles. The fourth-order valence-corrected chi connectivity index (χ4v) is 3.04. The Hall–Kier alpha value is -0.330. The zero-order valence-corrected chi connectivity index (χ0v) is 11.3. The molecule has 0 radical (unpaired) electrons. The maximum Gasteiger partial charge on any atom is 0.208 e. The third kappa shape index (κ3) is 4.36. The fourth-order valence-electron chi connectivity index (χ4n) is 0.992. The average molecular weight is 246 g/mol. The van der Waals surface area contributed by atoms with Crippen LogP contribution in [0.2, 0.25) is 0 Å². The van der Waals surface area contributed by atoms with Crippen LogP contribution in [0.15, 0.2) is 4.34 Å². The van der Waals surface area contributed by atoms with Crippen LogP contribution in [0.1, 0.15) is 13.8 Å². The van der Waals surface area contributed by atoms with E-state index < -0.39 is 0 Å². The van der Waals surface area contributed by atoms with E-state index in [9.17, 15) is 0 Å². The molecule has 1 aromatic rings. The summed E-state index contributed by atoms with van der Waals surface area (Å²) in [6.45, 7) is 6.35. The number of rotatable bonds is 6. The van der Waals surface area contributed by atoms with Crippen molar-refractivity contribution >= 4 is 28.2 Å². The van der Waals surface area contributed by atoms with Crippen molar-refractivity contribution in [1.82, 2.24) is 15.5 Å². The summed E-state index contributed by atoms with van der Waals surface area (Å²) < 4.78 is 1.05.